The van der Waals surface area contributed by atoms with Crippen LogP contribution in [-0.2, 0) is 25.9 Å². The van der Waals surface area contributed by atoms with Crippen molar-refractivity contribution in [2.45, 2.75) is 58.7 Å². The van der Waals surface area contributed by atoms with Gasteiger partial charge >= 0.3 is 0 Å². The SMILES string of the molecule is Cc1nn(C[C@@H](O)Cn2c3c(c4cccc(Cl)c42)CCCC3)c(C)c1Br. The number of hydrogen-bond acceptors (Lipinski definition) is 2. The molecule has 1 N–H and O–H groups in total. The zero-order valence-corrected chi connectivity index (χ0v) is 17.4. The van der Waals surface area contributed by atoms with Crippen molar-refractivity contribution in [2.24, 2.45) is 0 Å². The fraction of sp³-hybridized carbons (Fsp3) is 0.450. The molecule has 0 saturated carbocycles. The summed E-state index contributed by atoms with van der Waals surface area (Å²) in [7, 11) is 0. The number of nitrogens with zero attached hydrogens (tertiary/aromatic N) is 3. The molecule has 0 aliphatic heterocycles. The van der Waals surface area contributed by atoms with Gasteiger partial charge in [-0.1, -0.05) is 23.7 Å². The third-order valence-electron chi connectivity index (χ3n) is 5.42. The van der Waals surface area contributed by atoms with Crippen LogP contribution in [0.3, 0.4) is 0 Å². The second kappa shape index (κ2) is 7.02. The molecule has 1 aliphatic rings. The number of hydrogen-bond donors (Lipinski definition) is 1. The molecule has 138 valence electrons. The van der Waals surface area contributed by atoms with E-state index in [9.17, 15) is 5.11 Å². The van der Waals surface area contributed by atoms with Crippen LogP contribution in [0, 0.1) is 13.8 Å². The van der Waals surface area contributed by atoms with E-state index in [1.807, 2.05) is 30.7 Å². The second-order valence-electron chi connectivity index (χ2n) is 7.20. The fourth-order valence-corrected chi connectivity index (χ4v) is 4.73. The number of fused-ring (bicyclic) bond motifs is 3. The van der Waals surface area contributed by atoms with Gasteiger partial charge in [-0.3, -0.25) is 4.68 Å². The smallest absolute Gasteiger partial charge is 0.0914 e. The zero-order chi connectivity index (χ0) is 18.4. The highest BCUT2D eigenvalue weighted by Gasteiger charge is 2.23. The lowest BCUT2D eigenvalue weighted by atomic mass is 9.95. The third-order valence-corrected chi connectivity index (χ3v) is 6.87. The molecule has 2 aromatic heterocycles. The minimum absolute atomic E-state index is 0.469. The van der Waals surface area contributed by atoms with E-state index < -0.39 is 6.10 Å². The van der Waals surface area contributed by atoms with Gasteiger partial charge in [0, 0.05) is 16.8 Å². The Kier molecular flexibility index (Phi) is 4.88. The maximum atomic E-state index is 10.8. The van der Waals surface area contributed by atoms with E-state index in [0.717, 1.165) is 39.2 Å². The summed E-state index contributed by atoms with van der Waals surface area (Å²) in [5, 5.41) is 17.3. The lowest BCUT2D eigenvalue weighted by Crippen LogP contribution is -2.25. The summed E-state index contributed by atoms with van der Waals surface area (Å²) in [6.45, 7) is 4.98. The highest BCUT2D eigenvalue weighted by molar-refractivity contribution is 9.10. The van der Waals surface area contributed by atoms with Crippen molar-refractivity contribution in [3.8, 4) is 0 Å². The second-order valence-corrected chi connectivity index (χ2v) is 8.40. The molecule has 3 aromatic rings. The van der Waals surface area contributed by atoms with Gasteiger partial charge in [0.25, 0.3) is 0 Å². The molecule has 0 unspecified atom stereocenters. The first-order chi connectivity index (χ1) is 12.5. The van der Waals surface area contributed by atoms with E-state index in [2.05, 4.69) is 31.7 Å². The molecule has 26 heavy (non-hydrogen) atoms. The van der Waals surface area contributed by atoms with Crippen molar-refractivity contribution in [1.29, 1.82) is 0 Å². The number of para-hydroxylation sites is 1. The van der Waals surface area contributed by atoms with Crippen LogP contribution >= 0.6 is 27.5 Å². The number of rotatable bonds is 4. The first-order valence-corrected chi connectivity index (χ1v) is 10.3. The van der Waals surface area contributed by atoms with Crippen molar-refractivity contribution in [3.63, 3.8) is 0 Å². The summed E-state index contributed by atoms with van der Waals surface area (Å²) < 4.78 is 5.14. The molecule has 0 radical (unpaired) electrons. The van der Waals surface area contributed by atoms with Gasteiger partial charge in [0.1, 0.15) is 0 Å². The molecule has 0 bridgehead atoms. The van der Waals surface area contributed by atoms with Gasteiger partial charge in [-0.15, -0.1) is 0 Å². The van der Waals surface area contributed by atoms with Crippen LogP contribution in [-0.4, -0.2) is 25.6 Å². The van der Waals surface area contributed by atoms with Gasteiger partial charge in [0.2, 0.25) is 0 Å². The summed E-state index contributed by atoms with van der Waals surface area (Å²) >= 11 is 10.1. The topological polar surface area (TPSA) is 43.0 Å². The van der Waals surface area contributed by atoms with Gasteiger partial charge in [-0.2, -0.15) is 5.10 Å². The van der Waals surface area contributed by atoms with Gasteiger partial charge in [-0.05, 0) is 67.1 Å². The van der Waals surface area contributed by atoms with Crippen LogP contribution in [0.5, 0.6) is 0 Å². The van der Waals surface area contributed by atoms with Gasteiger partial charge in [-0.25, -0.2) is 0 Å². The molecular weight excluding hydrogens is 414 g/mol. The monoisotopic (exact) mass is 435 g/mol. The Morgan fingerprint density at radius 2 is 2.00 bits per heavy atom. The van der Waals surface area contributed by atoms with Crippen LogP contribution in [0.1, 0.15) is 35.5 Å². The lowest BCUT2D eigenvalue weighted by Gasteiger charge is -2.19. The van der Waals surface area contributed by atoms with E-state index in [0.29, 0.717) is 13.1 Å². The number of benzene rings is 1. The minimum Gasteiger partial charge on any atom is -0.389 e. The van der Waals surface area contributed by atoms with E-state index in [1.165, 1.54) is 29.5 Å². The van der Waals surface area contributed by atoms with Crippen LogP contribution in [0.25, 0.3) is 10.9 Å². The molecule has 1 aliphatic carbocycles. The molecule has 2 heterocycles. The molecular formula is C20H23BrClN3O. The Morgan fingerprint density at radius 1 is 1.23 bits per heavy atom. The standard InChI is InChI=1S/C20H23BrClN3O/c1-12-19(21)13(2)25(23-12)11-14(26)10-24-18-9-4-3-6-15(18)16-7-5-8-17(22)20(16)24/h5,7-8,14,26H,3-4,6,9-11H2,1-2H3/t14-/m0/s1. The number of aromatic nitrogens is 3. The van der Waals surface area contributed by atoms with Crippen LogP contribution in [0.15, 0.2) is 22.7 Å². The van der Waals surface area contributed by atoms with E-state index in [4.69, 9.17) is 11.6 Å². The van der Waals surface area contributed by atoms with Gasteiger partial charge in [0.05, 0.1) is 39.9 Å². The third kappa shape index (κ3) is 3.00. The number of aliphatic hydroxyl groups is 1. The lowest BCUT2D eigenvalue weighted by molar-refractivity contribution is 0.129. The maximum Gasteiger partial charge on any atom is 0.0914 e. The van der Waals surface area contributed by atoms with E-state index >= 15 is 0 Å². The highest BCUT2D eigenvalue weighted by Crippen LogP contribution is 2.36. The van der Waals surface area contributed by atoms with Crippen LogP contribution < -0.4 is 0 Å². The summed E-state index contributed by atoms with van der Waals surface area (Å²) in [5.41, 5.74) is 5.80. The Hall–Kier alpha value is -1.30. The first kappa shape index (κ1) is 18.1. The zero-order valence-electron chi connectivity index (χ0n) is 15.1. The summed E-state index contributed by atoms with van der Waals surface area (Å²) in [6.07, 6.45) is 4.04. The molecule has 1 aromatic carbocycles. The van der Waals surface area contributed by atoms with Crippen molar-refractivity contribution in [3.05, 3.63) is 50.3 Å². The average molecular weight is 437 g/mol. The molecule has 0 amide bonds. The highest BCUT2D eigenvalue weighted by atomic mass is 79.9. The maximum absolute atomic E-state index is 10.8. The van der Waals surface area contributed by atoms with E-state index in [1.54, 1.807) is 0 Å². The molecule has 6 heteroatoms. The summed E-state index contributed by atoms with van der Waals surface area (Å²) in [5.74, 6) is 0. The quantitative estimate of drug-likeness (QED) is 0.638. The summed E-state index contributed by atoms with van der Waals surface area (Å²) in [6, 6.07) is 6.12. The molecule has 0 fully saturated rings. The number of halogens is 2. The van der Waals surface area contributed by atoms with Crippen LogP contribution in [0.4, 0.5) is 0 Å². The van der Waals surface area contributed by atoms with Crippen molar-refractivity contribution in [2.75, 3.05) is 0 Å². The molecule has 1 atom stereocenters. The average Bonchev–Trinajstić information content (AvgIpc) is 3.06. The van der Waals surface area contributed by atoms with Gasteiger partial charge < -0.3 is 9.67 Å². The predicted molar refractivity (Wildman–Crippen MR) is 109 cm³/mol. The predicted octanol–water partition coefficient (Wildman–Crippen LogP) is 4.81. The fourth-order valence-electron chi connectivity index (χ4n) is 4.17. The largest absolute Gasteiger partial charge is 0.389 e. The van der Waals surface area contributed by atoms with E-state index in [-0.39, 0.29) is 0 Å². The number of aryl methyl sites for hydroxylation is 2. The van der Waals surface area contributed by atoms with Crippen molar-refractivity contribution >= 4 is 38.4 Å². The Morgan fingerprint density at radius 3 is 2.73 bits per heavy atom. The van der Waals surface area contributed by atoms with Crippen molar-refractivity contribution < 1.29 is 5.11 Å². The molecule has 4 rings (SSSR count). The first-order valence-electron chi connectivity index (χ1n) is 9.13. The Labute approximate surface area is 166 Å². The Balaban J connectivity index is 1.69. The molecule has 0 saturated heterocycles. The molecule has 0 spiro atoms. The van der Waals surface area contributed by atoms with Crippen LogP contribution in [0.2, 0.25) is 5.02 Å². The van der Waals surface area contributed by atoms with Crippen molar-refractivity contribution in [1.82, 2.24) is 14.3 Å². The Bertz CT molecular complexity index is 975. The van der Waals surface area contributed by atoms with Gasteiger partial charge in [0.15, 0.2) is 0 Å². The number of aliphatic hydroxyl groups excluding tert-OH is 1. The minimum atomic E-state index is -0.530. The molecule has 4 nitrogen and oxygen atoms in total. The summed E-state index contributed by atoms with van der Waals surface area (Å²) in [4.78, 5) is 0. The normalized spacial score (nSPS) is 15.4.